The van der Waals surface area contributed by atoms with Crippen LogP contribution in [0.3, 0.4) is 0 Å². The van der Waals surface area contributed by atoms with E-state index in [0.29, 0.717) is 11.8 Å². The van der Waals surface area contributed by atoms with E-state index in [4.69, 9.17) is 4.74 Å². The van der Waals surface area contributed by atoms with Gasteiger partial charge < -0.3 is 14.7 Å². The quantitative estimate of drug-likeness (QED) is 0.595. The lowest BCUT2D eigenvalue weighted by Crippen LogP contribution is -2.49. The van der Waals surface area contributed by atoms with Crippen LogP contribution in [0, 0.1) is 5.92 Å². The first kappa shape index (κ1) is 20.3. The molecule has 4 unspecified atom stereocenters. The van der Waals surface area contributed by atoms with E-state index in [0.717, 1.165) is 37.2 Å². The molecule has 3 nitrogen and oxygen atoms in total. The second-order valence-electron chi connectivity index (χ2n) is 9.32. The minimum Gasteiger partial charge on any atom is -0.497 e. The van der Waals surface area contributed by atoms with Crippen LogP contribution in [0.15, 0.2) is 78.9 Å². The van der Waals surface area contributed by atoms with Crippen LogP contribution in [0.1, 0.15) is 46.9 Å². The minimum atomic E-state index is -0.820. The average molecular weight is 414 g/mol. The van der Waals surface area contributed by atoms with Crippen LogP contribution in [0.4, 0.5) is 0 Å². The van der Waals surface area contributed by atoms with Crippen molar-refractivity contribution in [3.05, 3.63) is 101 Å². The van der Waals surface area contributed by atoms with Crippen molar-refractivity contribution in [3.63, 3.8) is 0 Å². The van der Waals surface area contributed by atoms with Crippen molar-refractivity contribution in [2.75, 3.05) is 20.7 Å². The van der Waals surface area contributed by atoms with Crippen LogP contribution >= 0.6 is 0 Å². The Morgan fingerprint density at radius 2 is 1.61 bits per heavy atom. The summed E-state index contributed by atoms with van der Waals surface area (Å²) in [6.45, 7) is 2.00. The Labute approximate surface area is 185 Å². The fourth-order valence-electron chi connectivity index (χ4n) is 5.98. The van der Waals surface area contributed by atoms with Crippen LogP contribution in [-0.4, -0.2) is 30.7 Å². The minimum absolute atomic E-state index is 0.122. The van der Waals surface area contributed by atoms with Crippen LogP contribution in [0.25, 0.3) is 0 Å². The van der Waals surface area contributed by atoms with Gasteiger partial charge in [0.25, 0.3) is 0 Å². The van der Waals surface area contributed by atoms with E-state index in [1.165, 1.54) is 16.7 Å². The largest absolute Gasteiger partial charge is 0.497 e. The van der Waals surface area contributed by atoms with Crippen molar-refractivity contribution in [1.29, 1.82) is 0 Å². The van der Waals surface area contributed by atoms with Crippen LogP contribution in [0.5, 0.6) is 5.75 Å². The maximum atomic E-state index is 12.0. The van der Waals surface area contributed by atoms with Gasteiger partial charge in [-0.1, -0.05) is 66.7 Å². The number of nitrogens with zero attached hydrogens (tertiary/aromatic N) is 1. The highest BCUT2D eigenvalue weighted by Crippen LogP contribution is 2.60. The van der Waals surface area contributed by atoms with Crippen LogP contribution < -0.4 is 4.74 Å². The van der Waals surface area contributed by atoms with E-state index >= 15 is 0 Å². The Kier molecular flexibility index (Phi) is 5.33. The summed E-state index contributed by atoms with van der Waals surface area (Å²) in [5.74, 6) is 1.87. The molecule has 3 aromatic rings. The molecular formula is C28H31NO2. The second-order valence-corrected chi connectivity index (χ2v) is 9.32. The molecule has 0 aromatic heterocycles. The molecule has 1 fully saturated rings. The number of aliphatic hydroxyl groups is 1. The van der Waals surface area contributed by atoms with Crippen molar-refractivity contribution < 1.29 is 9.84 Å². The Bertz CT molecular complexity index is 1030. The zero-order valence-corrected chi connectivity index (χ0v) is 18.4. The van der Waals surface area contributed by atoms with Gasteiger partial charge in [-0.15, -0.1) is 0 Å². The topological polar surface area (TPSA) is 32.7 Å². The van der Waals surface area contributed by atoms with E-state index in [-0.39, 0.29) is 5.92 Å². The highest BCUT2D eigenvalue weighted by atomic mass is 16.5. The number of ether oxygens (including phenoxy) is 1. The fraction of sp³-hybridized carbons (Fsp3) is 0.357. The Hall–Kier alpha value is -2.62. The van der Waals surface area contributed by atoms with Gasteiger partial charge in [-0.05, 0) is 66.1 Å². The lowest BCUT2D eigenvalue weighted by atomic mass is 9.54. The van der Waals surface area contributed by atoms with Crippen molar-refractivity contribution in [2.45, 2.75) is 36.8 Å². The van der Waals surface area contributed by atoms with Gasteiger partial charge in [0.2, 0.25) is 0 Å². The fourth-order valence-corrected chi connectivity index (χ4v) is 5.98. The summed E-state index contributed by atoms with van der Waals surface area (Å²) in [6.07, 6.45) is 1.80. The summed E-state index contributed by atoms with van der Waals surface area (Å²) in [5.41, 5.74) is 4.31. The molecule has 0 spiro atoms. The normalized spacial score (nSPS) is 26.6. The molecule has 0 aliphatic heterocycles. The molecule has 3 aliphatic carbocycles. The SMILES string of the molecule is COc1ccc(C2(O)CC3c4ccccc4C2CC3CN(C)Cc2ccccc2)cc1. The van der Waals surface area contributed by atoms with Crippen molar-refractivity contribution >= 4 is 0 Å². The molecule has 3 aromatic carbocycles. The zero-order valence-electron chi connectivity index (χ0n) is 18.4. The van der Waals surface area contributed by atoms with E-state index in [9.17, 15) is 5.11 Å². The van der Waals surface area contributed by atoms with Gasteiger partial charge in [-0.3, -0.25) is 0 Å². The lowest BCUT2D eigenvalue weighted by Gasteiger charge is -2.54. The molecule has 1 N–H and O–H groups in total. The predicted octanol–water partition coefficient (Wildman–Crippen LogP) is 5.31. The summed E-state index contributed by atoms with van der Waals surface area (Å²) in [7, 11) is 3.90. The monoisotopic (exact) mass is 413 g/mol. The Morgan fingerprint density at radius 3 is 2.32 bits per heavy atom. The van der Waals surface area contributed by atoms with Gasteiger partial charge in [0, 0.05) is 19.0 Å². The molecular weight excluding hydrogens is 382 g/mol. The third-order valence-electron chi connectivity index (χ3n) is 7.42. The van der Waals surface area contributed by atoms with Gasteiger partial charge in [0.1, 0.15) is 5.75 Å². The first-order valence-corrected chi connectivity index (χ1v) is 11.3. The maximum absolute atomic E-state index is 12.0. The number of methoxy groups -OCH3 is 1. The number of fused-ring (bicyclic) bond motifs is 2. The maximum Gasteiger partial charge on any atom is 0.118 e. The number of hydrogen-bond donors (Lipinski definition) is 1. The van der Waals surface area contributed by atoms with Gasteiger partial charge >= 0.3 is 0 Å². The van der Waals surface area contributed by atoms with Crippen molar-refractivity contribution in [3.8, 4) is 5.75 Å². The standard InChI is InChI=1S/C28H31NO2/c1-29(18-20-8-4-3-5-9-20)19-21-16-27-25-11-7-6-10-24(25)26(21)17-28(27,30)22-12-14-23(31-2)15-13-22/h3-15,21,26-27,30H,16-19H2,1-2H3. The molecule has 3 aliphatic rings. The first-order chi connectivity index (χ1) is 15.1. The third kappa shape index (κ3) is 3.66. The number of rotatable bonds is 6. The number of hydrogen-bond acceptors (Lipinski definition) is 3. The molecule has 0 heterocycles. The van der Waals surface area contributed by atoms with Crippen molar-refractivity contribution in [1.82, 2.24) is 4.90 Å². The second kappa shape index (κ2) is 8.14. The summed E-state index contributed by atoms with van der Waals surface area (Å²) in [4.78, 5) is 2.44. The average Bonchev–Trinajstić information content (AvgIpc) is 2.81. The lowest BCUT2D eigenvalue weighted by molar-refractivity contribution is -0.0600. The Balaban J connectivity index is 1.42. The summed E-state index contributed by atoms with van der Waals surface area (Å²) < 4.78 is 5.33. The van der Waals surface area contributed by atoms with Gasteiger partial charge in [0.05, 0.1) is 12.7 Å². The van der Waals surface area contributed by atoms with Gasteiger partial charge in [0.15, 0.2) is 0 Å². The summed E-state index contributed by atoms with van der Waals surface area (Å²) in [5, 5.41) is 12.0. The molecule has 0 saturated heterocycles. The molecule has 160 valence electrons. The highest BCUT2D eigenvalue weighted by molar-refractivity contribution is 5.46. The van der Waals surface area contributed by atoms with Gasteiger partial charge in [-0.2, -0.15) is 0 Å². The molecule has 4 atom stereocenters. The van der Waals surface area contributed by atoms with Crippen LogP contribution in [-0.2, 0) is 12.1 Å². The third-order valence-corrected chi connectivity index (χ3v) is 7.42. The molecule has 6 rings (SSSR count). The molecule has 3 heteroatoms. The van der Waals surface area contributed by atoms with Crippen LogP contribution in [0.2, 0.25) is 0 Å². The molecule has 1 saturated carbocycles. The molecule has 31 heavy (non-hydrogen) atoms. The molecule has 2 bridgehead atoms. The summed E-state index contributed by atoms with van der Waals surface area (Å²) in [6, 6.07) is 27.5. The van der Waals surface area contributed by atoms with E-state index < -0.39 is 5.60 Å². The Morgan fingerprint density at radius 1 is 0.935 bits per heavy atom. The van der Waals surface area contributed by atoms with E-state index in [1.807, 2.05) is 24.3 Å². The smallest absolute Gasteiger partial charge is 0.118 e. The van der Waals surface area contributed by atoms with E-state index in [1.54, 1.807) is 7.11 Å². The zero-order chi connectivity index (χ0) is 21.4. The predicted molar refractivity (Wildman–Crippen MR) is 124 cm³/mol. The first-order valence-electron chi connectivity index (χ1n) is 11.3. The van der Waals surface area contributed by atoms with Gasteiger partial charge in [-0.25, -0.2) is 0 Å². The number of benzene rings is 3. The highest BCUT2D eigenvalue weighted by Gasteiger charge is 2.53. The summed E-state index contributed by atoms with van der Waals surface area (Å²) >= 11 is 0. The van der Waals surface area contributed by atoms with Crippen molar-refractivity contribution in [2.24, 2.45) is 5.92 Å². The molecule has 0 amide bonds. The van der Waals surface area contributed by atoms with E-state index in [2.05, 4.69) is 66.5 Å². The molecule has 0 radical (unpaired) electrons.